The van der Waals surface area contributed by atoms with Crippen LogP contribution in [-0.2, 0) is 25.8 Å². The Morgan fingerprint density at radius 1 is 0.690 bits per heavy atom. The second kappa shape index (κ2) is 8.62. The standard InChI is InChI=1S/C19H16Cl2N2O4S2/c20-15-10-16(21)12-18(11-15)23-29(26,27)19-8-6-17(7-9-19)22-28(24,25)13-14-4-2-1-3-5-14/h1-12,22-23H,13H2. The Balaban J connectivity index is 1.73. The first kappa shape index (κ1) is 21.4. The SMILES string of the molecule is O=S(=O)(Cc1ccccc1)Nc1ccc(S(=O)(=O)Nc2cc(Cl)cc(Cl)c2)cc1. The summed E-state index contributed by atoms with van der Waals surface area (Å²) in [4.78, 5) is -0.0420. The Morgan fingerprint density at radius 2 is 1.28 bits per heavy atom. The van der Waals surface area contributed by atoms with Gasteiger partial charge in [-0.1, -0.05) is 53.5 Å². The van der Waals surface area contributed by atoms with E-state index in [0.717, 1.165) is 0 Å². The van der Waals surface area contributed by atoms with E-state index < -0.39 is 20.0 Å². The summed E-state index contributed by atoms with van der Waals surface area (Å²) in [5, 5.41) is 0.580. The van der Waals surface area contributed by atoms with E-state index in [1.54, 1.807) is 30.3 Å². The Kier molecular flexibility index (Phi) is 6.38. The van der Waals surface area contributed by atoms with Gasteiger partial charge in [0, 0.05) is 15.7 Å². The molecule has 0 aliphatic rings. The molecule has 3 rings (SSSR count). The lowest BCUT2D eigenvalue weighted by molar-refractivity contribution is 0.599. The van der Waals surface area contributed by atoms with Crippen molar-refractivity contribution in [1.82, 2.24) is 0 Å². The summed E-state index contributed by atoms with van der Waals surface area (Å²) in [7, 11) is -7.54. The van der Waals surface area contributed by atoms with E-state index in [-0.39, 0.29) is 22.0 Å². The number of hydrogen-bond donors (Lipinski definition) is 2. The highest BCUT2D eigenvalue weighted by Crippen LogP contribution is 2.25. The van der Waals surface area contributed by atoms with Crippen LogP contribution in [0.4, 0.5) is 11.4 Å². The molecule has 6 nitrogen and oxygen atoms in total. The molecule has 10 heteroatoms. The largest absolute Gasteiger partial charge is 0.283 e. The molecule has 0 bridgehead atoms. The van der Waals surface area contributed by atoms with Crippen molar-refractivity contribution in [3.63, 3.8) is 0 Å². The van der Waals surface area contributed by atoms with Gasteiger partial charge in [0.25, 0.3) is 10.0 Å². The highest BCUT2D eigenvalue weighted by Gasteiger charge is 2.16. The molecule has 3 aromatic carbocycles. The molecule has 0 spiro atoms. The molecular formula is C19H16Cl2N2O4S2. The van der Waals surface area contributed by atoms with E-state index in [0.29, 0.717) is 15.6 Å². The average molecular weight is 471 g/mol. The van der Waals surface area contributed by atoms with Crippen LogP contribution < -0.4 is 9.44 Å². The normalized spacial score (nSPS) is 11.8. The van der Waals surface area contributed by atoms with E-state index in [4.69, 9.17) is 23.2 Å². The van der Waals surface area contributed by atoms with Gasteiger partial charge < -0.3 is 0 Å². The first-order valence-electron chi connectivity index (χ1n) is 8.26. The Bertz CT molecular complexity index is 1190. The van der Waals surface area contributed by atoms with Gasteiger partial charge in [-0.15, -0.1) is 0 Å². The van der Waals surface area contributed by atoms with E-state index >= 15 is 0 Å². The fourth-order valence-electron chi connectivity index (χ4n) is 2.54. The first-order chi connectivity index (χ1) is 13.6. The lowest BCUT2D eigenvalue weighted by Gasteiger charge is -2.11. The van der Waals surface area contributed by atoms with Crippen LogP contribution in [0.1, 0.15) is 5.56 Å². The maximum atomic E-state index is 12.5. The van der Waals surface area contributed by atoms with Gasteiger partial charge in [0.2, 0.25) is 10.0 Å². The molecule has 0 fully saturated rings. The van der Waals surface area contributed by atoms with E-state index in [1.165, 1.54) is 42.5 Å². The van der Waals surface area contributed by atoms with Crippen LogP contribution in [0.3, 0.4) is 0 Å². The van der Waals surface area contributed by atoms with Crippen LogP contribution >= 0.6 is 23.2 Å². The monoisotopic (exact) mass is 470 g/mol. The molecule has 0 saturated heterocycles. The zero-order valence-electron chi connectivity index (χ0n) is 14.8. The average Bonchev–Trinajstić information content (AvgIpc) is 2.61. The van der Waals surface area contributed by atoms with Crippen molar-refractivity contribution in [2.45, 2.75) is 10.6 Å². The van der Waals surface area contributed by atoms with Crippen molar-refractivity contribution in [1.29, 1.82) is 0 Å². The quantitative estimate of drug-likeness (QED) is 0.521. The molecular weight excluding hydrogens is 455 g/mol. The predicted octanol–water partition coefficient (Wildman–Crippen LogP) is 4.74. The third kappa shape index (κ3) is 6.11. The zero-order valence-corrected chi connectivity index (χ0v) is 18.0. The van der Waals surface area contributed by atoms with Crippen molar-refractivity contribution < 1.29 is 16.8 Å². The van der Waals surface area contributed by atoms with Gasteiger partial charge in [0.1, 0.15) is 0 Å². The van der Waals surface area contributed by atoms with Crippen molar-refractivity contribution in [3.8, 4) is 0 Å². The molecule has 3 aromatic rings. The van der Waals surface area contributed by atoms with Crippen molar-refractivity contribution in [2.24, 2.45) is 0 Å². The molecule has 0 aromatic heterocycles. The molecule has 0 atom stereocenters. The van der Waals surface area contributed by atoms with Crippen LogP contribution in [0.25, 0.3) is 0 Å². The Morgan fingerprint density at radius 3 is 1.86 bits per heavy atom. The summed E-state index contributed by atoms with van der Waals surface area (Å²) in [5.41, 5.74) is 1.12. The summed E-state index contributed by atoms with van der Waals surface area (Å²) >= 11 is 11.8. The maximum Gasteiger partial charge on any atom is 0.261 e. The molecule has 0 saturated carbocycles. The van der Waals surface area contributed by atoms with Gasteiger partial charge >= 0.3 is 0 Å². The van der Waals surface area contributed by atoms with Gasteiger partial charge in [-0.2, -0.15) is 0 Å². The summed E-state index contributed by atoms with van der Waals surface area (Å²) in [6.07, 6.45) is 0. The van der Waals surface area contributed by atoms with Crippen molar-refractivity contribution >= 4 is 54.6 Å². The van der Waals surface area contributed by atoms with E-state index in [9.17, 15) is 16.8 Å². The van der Waals surface area contributed by atoms with Gasteiger partial charge in [0.05, 0.1) is 16.3 Å². The van der Waals surface area contributed by atoms with Crippen molar-refractivity contribution in [2.75, 3.05) is 9.44 Å². The molecule has 0 radical (unpaired) electrons. The number of halogens is 2. The van der Waals surface area contributed by atoms with Gasteiger partial charge in [-0.25, -0.2) is 16.8 Å². The van der Waals surface area contributed by atoms with Crippen molar-refractivity contribution in [3.05, 3.63) is 88.4 Å². The summed E-state index contributed by atoms with van der Waals surface area (Å²) < 4.78 is 54.4. The molecule has 0 aliphatic carbocycles. The molecule has 0 heterocycles. The number of rotatable bonds is 7. The van der Waals surface area contributed by atoms with Crippen LogP contribution in [0.5, 0.6) is 0 Å². The minimum Gasteiger partial charge on any atom is -0.283 e. The third-order valence-electron chi connectivity index (χ3n) is 3.75. The summed E-state index contributed by atoms with van der Waals surface area (Å²) in [6.45, 7) is 0. The highest BCUT2D eigenvalue weighted by molar-refractivity contribution is 7.92. The summed E-state index contributed by atoms with van der Waals surface area (Å²) in [5.74, 6) is -0.190. The second-order valence-electron chi connectivity index (χ2n) is 6.13. The Labute approximate surface area is 179 Å². The fourth-order valence-corrected chi connectivity index (χ4v) is 5.30. The van der Waals surface area contributed by atoms with Gasteiger partial charge in [0.15, 0.2) is 0 Å². The first-order valence-corrected chi connectivity index (χ1v) is 12.2. The minimum absolute atomic E-state index is 0.0420. The molecule has 0 amide bonds. The number of sulfonamides is 2. The zero-order chi connectivity index (χ0) is 21.1. The molecule has 0 unspecified atom stereocenters. The van der Waals surface area contributed by atoms with Crippen LogP contribution in [0.15, 0.2) is 77.7 Å². The lowest BCUT2D eigenvalue weighted by atomic mass is 10.2. The lowest BCUT2D eigenvalue weighted by Crippen LogP contribution is -2.16. The van der Waals surface area contributed by atoms with Crippen LogP contribution in [0.2, 0.25) is 10.0 Å². The molecule has 152 valence electrons. The number of anilines is 2. The third-order valence-corrected chi connectivity index (χ3v) is 6.85. The van der Waals surface area contributed by atoms with Crippen LogP contribution in [0, 0.1) is 0 Å². The predicted molar refractivity (Wildman–Crippen MR) is 116 cm³/mol. The topological polar surface area (TPSA) is 92.3 Å². The van der Waals surface area contributed by atoms with E-state index in [1.807, 2.05) is 0 Å². The molecule has 0 aliphatic heterocycles. The Hall–Kier alpha value is -2.26. The second-order valence-corrected chi connectivity index (χ2v) is 10.4. The number of benzene rings is 3. The smallest absolute Gasteiger partial charge is 0.261 e. The number of nitrogens with one attached hydrogen (secondary N) is 2. The van der Waals surface area contributed by atoms with Gasteiger partial charge in [-0.3, -0.25) is 9.44 Å². The minimum atomic E-state index is -3.90. The highest BCUT2D eigenvalue weighted by atomic mass is 35.5. The molecule has 29 heavy (non-hydrogen) atoms. The number of hydrogen-bond acceptors (Lipinski definition) is 4. The van der Waals surface area contributed by atoms with E-state index in [2.05, 4.69) is 9.44 Å². The molecule has 2 N–H and O–H groups in total. The summed E-state index contributed by atoms with van der Waals surface area (Å²) in [6, 6.07) is 18.4. The van der Waals surface area contributed by atoms with Crippen LogP contribution in [-0.4, -0.2) is 16.8 Å². The maximum absolute atomic E-state index is 12.5. The fraction of sp³-hybridized carbons (Fsp3) is 0.0526. The van der Waals surface area contributed by atoms with Gasteiger partial charge in [-0.05, 0) is 48.0 Å².